The van der Waals surface area contributed by atoms with Crippen LogP contribution < -0.4 is 5.32 Å². The normalized spacial score (nSPS) is 17.2. The minimum absolute atomic E-state index is 0.00373. The van der Waals surface area contributed by atoms with Crippen molar-refractivity contribution in [2.75, 3.05) is 26.7 Å². The van der Waals surface area contributed by atoms with Gasteiger partial charge in [0, 0.05) is 25.1 Å². The molecule has 1 aliphatic rings. The van der Waals surface area contributed by atoms with Crippen molar-refractivity contribution in [1.82, 2.24) is 9.62 Å². The van der Waals surface area contributed by atoms with E-state index in [9.17, 15) is 18.0 Å². The molecule has 1 fully saturated rings. The van der Waals surface area contributed by atoms with Gasteiger partial charge in [-0.25, -0.2) is 13.2 Å². The summed E-state index contributed by atoms with van der Waals surface area (Å²) in [6.07, 6.45) is 1.66. The molecule has 25 heavy (non-hydrogen) atoms. The van der Waals surface area contributed by atoms with E-state index in [4.69, 9.17) is 9.84 Å². The standard InChI is InChI=1S/C15H22N2O6S2/c1-23-12(15(19)20)10-16-13(18)9-11-5-6-14(24-11)25(21,22)17-7-3-2-4-8-17/h5-6,12H,2-4,7-10H2,1H3,(H,16,18)(H,19,20). The highest BCUT2D eigenvalue weighted by Crippen LogP contribution is 2.27. The largest absolute Gasteiger partial charge is 0.479 e. The second-order valence-electron chi connectivity index (χ2n) is 5.73. The summed E-state index contributed by atoms with van der Waals surface area (Å²) in [5, 5.41) is 11.3. The number of aliphatic carboxylic acids is 1. The second-order valence-corrected chi connectivity index (χ2v) is 9.06. The van der Waals surface area contributed by atoms with Gasteiger partial charge in [-0.2, -0.15) is 4.31 Å². The molecule has 1 aromatic heterocycles. The third-order valence-electron chi connectivity index (χ3n) is 3.93. The number of nitrogens with one attached hydrogen (secondary N) is 1. The lowest BCUT2D eigenvalue weighted by atomic mass is 10.2. The summed E-state index contributed by atoms with van der Waals surface area (Å²) in [5.74, 6) is -1.54. The van der Waals surface area contributed by atoms with Crippen LogP contribution in [0.15, 0.2) is 16.3 Å². The molecule has 10 heteroatoms. The zero-order valence-corrected chi connectivity index (χ0v) is 15.6. The van der Waals surface area contributed by atoms with Crippen LogP contribution in [0, 0.1) is 0 Å². The number of rotatable bonds is 8. The molecule has 0 bridgehead atoms. The van der Waals surface area contributed by atoms with Gasteiger partial charge in [0.25, 0.3) is 10.0 Å². The SMILES string of the molecule is COC(CNC(=O)Cc1ccc(S(=O)(=O)N2CCCCC2)s1)C(=O)O. The molecule has 0 saturated carbocycles. The first kappa shape index (κ1) is 19.8. The lowest BCUT2D eigenvalue weighted by Crippen LogP contribution is -2.38. The minimum atomic E-state index is -3.50. The van der Waals surface area contributed by atoms with Gasteiger partial charge in [-0.1, -0.05) is 6.42 Å². The highest BCUT2D eigenvalue weighted by atomic mass is 32.2. The first-order chi connectivity index (χ1) is 11.8. The van der Waals surface area contributed by atoms with Crippen LogP contribution in [-0.2, 0) is 30.8 Å². The molecule has 140 valence electrons. The van der Waals surface area contributed by atoms with Crippen LogP contribution >= 0.6 is 11.3 Å². The van der Waals surface area contributed by atoms with Crippen LogP contribution in [0.4, 0.5) is 0 Å². The summed E-state index contributed by atoms with van der Waals surface area (Å²) in [6.45, 7) is 0.919. The van der Waals surface area contributed by atoms with Gasteiger partial charge in [-0.05, 0) is 25.0 Å². The fourth-order valence-corrected chi connectivity index (χ4v) is 5.55. The summed E-state index contributed by atoms with van der Waals surface area (Å²) in [4.78, 5) is 23.3. The maximum atomic E-state index is 12.6. The molecule has 0 radical (unpaired) electrons. The van der Waals surface area contributed by atoms with Gasteiger partial charge in [0.15, 0.2) is 6.10 Å². The van der Waals surface area contributed by atoms with Gasteiger partial charge in [0.2, 0.25) is 5.91 Å². The minimum Gasteiger partial charge on any atom is -0.479 e. The third-order valence-corrected chi connectivity index (χ3v) is 7.38. The molecule has 0 spiro atoms. The number of hydrogen-bond acceptors (Lipinski definition) is 6. The van der Waals surface area contributed by atoms with Crippen molar-refractivity contribution < 1.29 is 27.9 Å². The number of carbonyl (C=O) groups excluding carboxylic acids is 1. The Morgan fingerprint density at radius 1 is 1.32 bits per heavy atom. The van der Waals surface area contributed by atoms with Crippen molar-refractivity contribution in [3.8, 4) is 0 Å². The molecule has 1 saturated heterocycles. The van der Waals surface area contributed by atoms with Gasteiger partial charge in [-0.15, -0.1) is 11.3 Å². The van der Waals surface area contributed by atoms with E-state index in [0.717, 1.165) is 30.6 Å². The Morgan fingerprint density at radius 3 is 2.60 bits per heavy atom. The first-order valence-electron chi connectivity index (χ1n) is 7.95. The number of carboxylic acid groups (broad SMARTS) is 1. The van der Waals surface area contributed by atoms with Crippen molar-refractivity contribution in [2.45, 2.75) is 36.0 Å². The molecule has 8 nitrogen and oxygen atoms in total. The summed E-state index contributed by atoms with van der Waals surface area (Å²) in [5.41, 5.74) is 0. The number of sulfonamides is 1. The smallest absolute Gasteiger partial charge is 0.334 e. The Balaban J connectivity index is 1.94. The summed E-state index contributed by atoms with van der Waals surface area (Å²) in [6, 6.07) is 3.14. The third kappa shape index (κ3) is 5.24. The zero-order chi connectivity index (χ0) is 18.4. The highest BCUT2D eigenvalue weighted by molar-refractivity contribution is 7.91. The van der Waals surface area contributed by atoms with Crippen LogP contribution in [0.5, 0.6) is 0 Å². The highest BCUT2D eigenvalue weighted by Gasteiger charge is 2.27. The zero-order valence-electron chi connectivity index (χ0n) is 13.9. The second kappa shape index (κ2) is 8.75. The first-order valence-corrected chi connectivity index (χ1v) is 10.2. The van der Waals surface area contributed by atoms with Crippen LogP contribution in [-0.4, -0.2) is 62.6 Å². The van der Waals surface area contributed by atoms with E-state index in [1.807, 2.05) is 0 Å². The van der Waals surface area contributed by atoms with E-state index < -0.39 is 22.1 Å². The van der Waals surface area contributed by atoms with Crippen LogP contribution in [0.1, 0.15) is 24.1 Å². The molecular formula is C15H22N2O6S2. The van der Waals surface area contributed by atoms with Gasteiger partial charge >= 0.3 is 5.97 Å². The van der Waals surface area contributed by atoms with E-state index in [0.29, 0.717) is 18.0 Å². The maximum absolute atomic E-state index is 12.6. The molecule has 0 aliphatic carbocycles. The lowest BCUT2D eigenvalue weighted by molar-refractivity contribution is -0.148. The average molecular weight is 390 g/mol. The molecule has 1 unspecified atom stereocenters. The van der Waals surface area contributed by atoms with E-state index in [-0.39, 0.29) is 23.1 Å². The Hall–Kier alpha value is -1.49. The van der Waals surface area contributed by atoms with Crippen molar-refractivity contribution in [3.63, 3.8) is 0 Å². The summed E-state index contributed by atoms with van der Waals surface area (Å²) in [7, 11) is -2.24. The van der Waals surface area contributed by atoms with E-state index in [1.54, 1.807) is 6.07 Å². The molecular weight excluding hydrogens is 368 g/mol. The number of piperidine rings is 1. The van der Waals surface area contributed by atoms with E-state index in [1.165, 1.54) is 17.5 Å². The van der Waals surface area contributed by atoms with E-state index >= 15 is 0 Å². The number of carboxylic acids is 1. The molecule has 2 N–H and O–H groups in total. The average Bonchev–Trinajstić information content (AvgIpc) is 3.05. The Morgan fingerprint density at radius 2 is 2.00 bits per heavy atom. The topological polar surface area (TPSA) is 113 Å². The predicted molar refractivity (Wildman–Crippen MR) is 92.1 cm³/mol. The maximum Gasteiger partial charge on any atom is 0.334 e. The van der Waals surface area contributed by atoms with Crippen LogP contribution in [0.25, 0.3) is 0 Å². The van der Waals surface area contributed by atoms with Gasteiger partial charge < -0.3 is 15.2 Å². The Labute approximate surface area is 150 Å². The van der Waals surface area contributed by atoms with Gasteiger partial charge in [0.1, 0.15) is 4.21 Å². The number of nitrogens with zero attached hydrogens (tertiary/aromatic N) is 1. The number of thiophene rings is 1. The Kier molecular flexibility index (Phi) is 6.94. The van der Waals surface area contributed by atoms with Crippen LogP contribution in [0.3, 0.4) is 0 Å². The molecule has 1 aromatic rings. The number of hydrogen-bond donors (Lipinski definition) is 2. The van der Waals surface area contributed by atoms with Gasteiger partial charge in [0.05, 0.1) is 13.0 Å². The number of methoxy groups -OCH3 is 1. The van der Waals surface area contributed by atoms with Gasteiger partial charge in [-0.3, -0.25) is 4.79 Å². The molecule has 2 rings (SSSR count). The van der Waals surface area contributed by atoms with Crippen molar-refractivity contribution in [1.29, 1.82) is 0 Å². The molecule has 1 aliphatic heterocycles. The number of ether oxygens (including phenoxy) is 1. The van der Waals surface area contributed by atoms with Crippen molar-refractivity contribution >= 4 is 33.2 Å². The quantitative estimate of drug-likeness (QED) is 0.675. The molecule has 0 aromatic carbocycles. The monoisotopic (exact) mass is 390 g/mol. The summed E-state index contributed by atoms with van der Waals surface area (Å²) < 4.78 is 31.6. The lowest BCUT2D eigenvalue weighted by Gasteiger charge is -2.25. The Bertz CT molecular complexity index is 709. The fourth-order valence-electron chi connectivity index (χ4n) is 2.52. The van der Waals surface area contributed by atoms with Crippen molar-refractivity contribution in [2.24, 2.45) is 0 Å². The number of amides is 1. The van der Waals surface area contributed by atoms with Crippen LogP contribution in [0.2, 0.25) is 0 Å². The fraction of sp³-hybridized carbons (Fsp3) is 0.600. The van der Waals surface area contributed by atoms with E-state index in [2.05, 4.69) is 5.32 Å². The molecule has 1 amide bonds. The summed E-state index contributed by atoms with van der Waals surface area (Å²) >= 11 is 1.07. The van der Waals surface area contributed by atoms with Crippen molar-refractivity contribution in [3.05, 3.63) is 17.0 Å². The molecule has 1 atom stereocenters. The molecule has 2 heterocycles. The predicted octanol–water partition coefficient (Wildman–Crippen LogP) is 0.681. The number of carbonyl (C=O) groups is 2.